The van der Waals surface area contributed by atoms with Crippen molar-refractivity contribution in [1.82, 2.24) is 0 Å². The number of hydrogen-bond donors (Lipinski definition) is 2. The van der Waals surface area contributed by atoms with E-state index in [1.807, 2.05) is 0 Å². The van der Waals surface area contributed by atoms with Gasteiger partial charge in [-0.05, 0) is 12.1 Å². The Morgan fingerprint density at radius 2 is 2.19 bits per heavy atom. The smallest absolute Gasteiger partial charge is 0.260 e. The molecule has 0 radical (unpaired) electrons. The van der Waals surface area contributed by atoms with Crippen LogP contribution in [0.5, 0.6) is 5.75 Å². The van der Waals surface area contributed by atoms with Gasteiger partial charge in [-0.15, -0.1) is 0 Å². The predicted octanol–water partition coefficient (Wildman–Crippen LogP) is -0.370. The zero-order chi connectivity index (χ0) is 15.4. The Morgan fingerprint density at radius 3 is 2.81 bits per heavy atom. The third-order valence-corrected chi connectivity index (χ3v) is 3.39. The Morgan fingerprint density at radius 1 is 1.48 bits per heavy atom. The Balaban J connectivity index is 2.24. The first-order valence-corrected chi connectivity index (χ1v) is 6.65. The molecular weight excluding hydrogens is 274 g/mol. The lowest BCUT2D eigenvalue weighted by Gasteiger charge is -2.34. The largest absolute Gasteiger partial charge is 0.477 e. The van der Waals surface area contributed by atoms with Crippen molar-refractivity contribution in [1.29, 1.82) is 0 Å². The van der Waals surface area contributed by atoms with E-state index in [4.69, 9.17) is 20.9 Å². The van der Waals surface area contributed by atoms with Crippen molar-refractivity contribution in [2.24, 2.45) is 11.5 Å². The van der Waals surface area contributed by atoms with Crippen molar-refractivity contribution < 1.29 is 19.1 Å². The molecule has 2 atom stereocenters. The van der Waals surface area contributed by atoms with Gasteiger partial charge < -0.3 is 25.8 Å². The lowest BCUT2D eigenvalue weighted by molar-refractivity contribution is -0.125. The molecule has 0 aromatic heterocycles. The third-order valence-electron chi connectivity index (χ3n) is 3.39. The Kier molecular flexibility index (Phi) is 4.77. The minimum absolute atomic E-state index is 0.0895. The van der Waals surface area contributed by atoms with Crippen molar-refractivity contribution >= 4 is 17.5 Å². The number of carbonyl (C=O) groups is 2. The van der Waals surface area contributed by atoms with Gasteiger partial charge in [-0.25, -0.2) is 0 Å². The summed E-state index contributed by atoms with van der Waals surface area (Å²) in [5.41, 5.74) is 11.4. The van der Waals surface area contributed by atoms with E-state index in [9.17, 15) is 9.59 Å². The fourth-order valence-electron chi connectivity index (χ4n) is 2.19. The van der Waals surface area contributed by atoms with Crippen LogP contribution >= 0.6 is 0 Å². The zero-order valence-electron chi connectivity index (χ0n) is 11.8. The summed E-state index contributed by atoms with van der Waals surface area (Å²) in [6.07, 6.45) is -1.09. The van der Waals surface area contributed by atoms with Gasteiger partial charge in [-0.1, -0.05) is 12.1 Å². The highest BCUT2D eigenvalue weighted by Crippen LogP contribution is 2.33. The van der Waals surface area contributed by atoms with Crippen molar-refractivity contribution in [3.8, 4) is 5.75 Å². The van der Waals surface area contributed by atoms with Crippen molar-refractivity contribution in [2.75, 3.05) is 25.1 Å². The maximum atomic E-state index is 12.4. The molecule has 0 spiro atoms. The van der Waals surface area contributed by atoms with Crippen LogP contribution in [-0.2, 0) is 14.3 Å². The van der Waals surface area contributed by atoms with Crippen LogP contribution in [0.15, 0.2) is 24.3 Å². The van der Waals surface area contributed by atoms with Gasteiger partial charge in [0.1, 0.15) is 5.75 Å². The van der Waals surface area contributed by atoms with Crippen molar-refractivity contribution in [2.45, 2.75) is 18.6 Å². The summed E-state index contributed by atoms with van der Waals surface area (Å²) in [5, 5.41) is 0. The number of anilines is 1. The molecule has 7 nitrogen and oxygen atoms in total. The number of carbonyl (C=O) groups excluding carboxylic acids is 2. The SMILES string of the molecule is COC(CN)CC(=O)N1CC(C(N)=O)Oc2ccccc21. The Bertz CT molecular complexity index is 531. The molecule has 1 aromatic carbocycles. The van der Waals surface area contributed by atoms with Gasteiger partial charge in [0.05, 0.1) is 24.8 Å². The molecule has 1 aliphatic rings. The van der Waals surface area contributed by atoms with Gasteiger partial charge >= 0.3 is 0 Å². The first-order valence-electron chi connectivity index (χ1n) is 6.65. The molecule has 0 bridgehead atoms. The van der Waals surface area contributed by atoms with E-state index in [1.165, 1.54) is 12.0 Å². The van der Waals surface area contributed by atoms with E-state index in [0.717, 1.165) is 0 Å². The Hall–Kier alpha value is -2.12. The summed E-state index contributed by atoms with van der Waals surface area (Å²) < 4.78 is 10.6. The summed E-state index contributed by atoms with van der Waals surface area (Å²) in [4.78, 5) is 25.3. The highest BCUT2D eigenvalue weighted by Gasteiger charge is 2.33. The molecule has 2 rings (SSSR count). The standard InChI is InChI=1S/C14H19N3O4/c1-20-9(7-15)6-13(18)17-8-12(14(16)19)21-11-5-3-2-4-10(11)17/h2-5,9,12H,6-8,15H2,1H3,(H2,16,19). The van der Waals surface area contributed by atoms with Gasteiger partial charge in [0.2, 0.25) is 5.91 Å². The number of fused-ring (bicyclic) bond motifs is 1. The van der Waals surface area contributed by atoms with Crippen LogP contribution in [0, 0.1) is 0 Å². The number of para-hydroxylation sites is 2. The summed E-state index contributed by atoms with van der Waals surface area (Å²) in [6.45, 7) is 0.333. The first kappa shape index (κ1) is 15.3. The highest BCUT2D eigenvalue weighted by molar-refractivity contribution is 5.97. The lowest BCUT2D eigenvalue weighted by Crippen LogP contribution is -2.50. The maximum absolute atomic E-state index is 12.4. The molecule has 21 heavy (non-hydrogen) atoms. The molecule has 0 fully saturated rings. The van der Waals surface area contributed by atoms with E-state index in [1.54, 1.807) is 24.3 Å². The number of amides is 2. The van der Waals surface area contributed by atoms with Crippen molar-refractivity contribution in [3.63, 3.8) is 0 Å². The third kappa shape index (κ3) is 3.32. The average Bonchev–Trinajstić information content (AvgIpc) is 2.51. The number of methoxy groups -OCH3 is 1. The first-order chi connectivity index (χ1) is 10.1. The number of benzene rings is 1. The molecule has 7 heteroatoms. The van der Waals surface area contributed by atoms with E-state index in [0.29, 0.717) is 11.4 Å². The molecule has 1 aromatic rings. The van der Waals surface area contributed by atoms with Crippen LogP contribution < -0.4 is 21.1 Å². The molecule has 0 saturated heterocycles. The Labute approximate surface area is 122 Å². The zero-order valence-corrected chi connectivity index (χ0v) is 11.8. The molecule has 2 amide bonds. The number of hydrogen-bond acceptors (Lipinski definition) is 5. The topological polar surface area (TPSA) is 108 Å². The number of ether oxygens (including phenoxy) is 2. The maximum Gasteiger partial charge on any atom is 0.260 e. The second kappa shape index (κ2) is 6.55. The quantitative estimate of drug-likeness (QED) is 0.770. The molecular formula is C14H19N3O4. The molecule has 114 valence electrons. The highest BCUT2D eigenvalue weighted by atomic mass is 16.5. The number of primary amides is 1. The number of nitrogens with two attached hydrogens (primary N) is 2. The van der Waals surface area contributed by atoms with Gasteiger partial charge in [-0.2, -0.15) is 0 Å². The summed E-state index contributed by atoms with van der Waals surface area (Å²) in [6, 6.07) is 7.02. The lowest BCUT2D eigenvalue weighted by atomic mass is 10.1. The van der Waals surface area contributed by atoms with Crippen LogP contribution in [0.25, 0.3) is 0 Å². The van der Waals surface area contributed by atoms with E-state index < -0.39 is 12.0 Å². The summed E-state index contributed by atoms with van der Waals surface area (Å²) >= 11 is 0. The van der Waals surface area contributed by atoms with E-state index >= 15 is 0 Å². The van der Waals surface area contributed by atoms with Crippen LogP contribution in [-0.4, -0.2) is 44.2 Å². The predicted molar refractivity (Wildman–Crippen MR) is 76.9 cm³/mol. The van der Waals surface area contributed by atoms with Gasteiger partial charge in [0, 0.05) is 13.7 Å². The summed E-state index contributed by atoms with van der Waals surface area (Å²) in [5.74, 6) is -0.332. The van der Waals surface area contributed by atoms with Gasteiger partial charge in [0.25, 0.3) is 5.91 Å². The van der Waals surface area contributed by atoms with Crippen LogP contribution in [0.2, 0.25) is 0 Å². The van der Waals surface area contributed by atoms with E-state index in [-0.39, 0.29) is 31.5 Å². The van der Waals surface area contributed by atoms with E-state index in [2.05, 4.69) is 0 Å². The number of nitrogens with zero attached hydrogens (tertiary/aromatic N) is 1. The van der Waals surface area contributed by atoms with Crippen LogP contribution in [0.4, 0.5) is 5.69 Å². The molecule has 2 unspecified atom stereocenters. The second-order valence-electron chi connectivity index (χ2n) is 4.78. The monoisotopic (exact) mass is 293 g/mol. The minimum atomic E-state index is -0.859. The fraction of sp³-hybridized carbons (Fsp3) is 0.429. The average molecular weight is 293 g/mol. The van der Waals surface area contributed by atoms with Crippen LogP contribution in [0.3, 0.4) is 0 Å². The van der Waals surface area contributed by atoms with Crippen LogP contribution in [0.1, 0.15) is 6.42 Å². The minimum Gasteiger partial charge on any atom is -0.477 e. The number of rotatable bonds is 5. The molecule has 4 N–H and O–H groups in total. The molecule has 1 aliphatic heterocycles. The molecule has 0 saturated carbocycles. The van der Waals surface area contributed by atoms with Gasteiger partial charge in [-0.3, -0.25) is 9.59 Å². The van der Waals surface area contributed by atoms with Gasteiger partial charge in [0.15, 0.2) is 6.10 Å². The fourth-order valence-corrected chi connectivity index (χ4v) is 2.19. The summed E-state index contributed by atoms with van der Waals surface area (Å²) in [7, 11) is 1.50. The normalized spacial score (nSPS) is 18.6. The molecule has 1 heterocycles. The molecule has 0 aliphatic carbocycles. The van der Waals surface area contributed by atoms with Crippen molar-refractivity contribution in [3.05, 3.63) is 24.3 Å². The second-order valence-corrected chi connectivity index (χ2v) is 4.78.